The zero-order chi connectivity index (χ0) is 12.6. The van der Waals surface area contributed by atoms with E-state index >= 15 is 0 Å². The fraction of sp³-hybridized carbons (Fsp3) is 0.583. The van der Waals surface area contributed by atoms with Gasteiger partial charge in [-0.2, -0.15) is 0 Å². The van der Waals surface area contributed by atoms with Gasteiger partial charge in [-0.05, 0) is 26.1 Å². The molecule has 94 valence electrons. The Morgan fingerprint density at radius 2 is 2.18 bits per heavy atom. The van der Waals surface area contributed by atoms with Crippen LogP contribution in [0.25, 0.3) is 0 Å². The van der Waals surface area contributed by atoms with Crippen LogP contribution in [0.2, 0.25) is 5.02 Å². The van der Waals surface area contributed by atoms with Crippen molar-refractivity contribution in [2.24, 2.45) is 5.92 Å². The summed E-state index contributed by atoms with van der Waals surface area (Å²) in [6.07, 6.45) is 1.65. The number of anilines is 2. The average Bonchev–Trinajstić information content (AvgIpc) is 2.60. The van der Waals surface area contributed by atoms with E-state index in [2.05, 4.69) is 35.8 Å². The van der Waals surface area contributed by atoms with E-state index < -0.39 is 0 Å². The highest BCUT2D eigenvalue weighted by Crippen LogP contribution is 2.29. The normalized spacial score (nSPS) is 24.6. The maximum Gasteiger partial charge on any atom is 0.151 e. The van der Waals surface area contributed by atoms with Crippen LogP contribution >= 0.6 is 11.6 Å². The Labute approximate surface area is 107 Å². The minimum atomic E-state index is 0.548. The molecule has 2 unspecified atom stereocenters. The summed E-state index contributed by atoms with van der Waals surface area (Å²) in [6, 6.07) is 2.31. The minimum absolute atomic E-state index is 0.548. The monoisotopic (exact) mass is 254 g/mol. The molecule has 1 aliphatic rings. The van der Waals surface area contributed by atoms with Gasteiger partial charge in [-0.15, -0.1) is 0 Å². The van der Waals surface area contributed by atoms with Gasteiger partial charge in [0.05, 0.1) is 10.7 Å². The fourth-order valence-corrected chi connectivity index (χ4v) is 2.67. The first-order valence-corrected chi connectivity index (χ1v) is 6.19. The quantitative estimate of drug-likeness (QED) is 0.873. The topological polar surface area (TPSA) is 45.4 Å². The predicted molar refractivity (Wildman–Crippen MR) is 72.5 cm³/mol. The highest BCUT2D eigenvalue weighted by atomic mass is 35.5. The standard InChI is InChI=1S/C12H19ClN4/c1-8-6-17(7-11(8)16(2)3)12-10(14)4-9(13)5-15-12/h4-5,8,11H,6-7,14H2,1-3H3. The van der Waals surface area contributed by atoms with Gasteiger partial charge in [0.25, 0.3) is 0 Å². The lowest BCUT2D eigenvalue weighted by Crippen LogP contribution is -2.34. The Bertz CT molecular complexity index is 407. The largest absolute Gasteiger partial charge is 0.396 e. The highest BCUT2D eigenvalue weighted by Gasteiger charge is 2.32. The highest BCUT2D eigenvalue weighted by molar-refractivity contribution is 6.30. The summed E-state index contributed by atoms with van der Waals surface area (Å²) in [7, 11) is 4.23. The molecule has 1 aliphatic heterocycles. The number of nitrogens with two attached hydrogens (primary N) is 1. The summed E-state index contributed by atoms with van der Waals surface area (Å²) in [4.78, 5) is 8.84. The van der Waals surface area contributed by atoms with Crippen molar-refractivity contribution in [3.05, 3.63) is 17.3 Å². The minimum Gasteiger partial charge on any atom is -0.396 e. The molecule has 2 rings (SSSR count). The molecule has 1 aromatic rings. The van der Waals surface area contributed by atoms with Crippen LogP contribution in [-0.4, -0.2) is 43.1 Å². The molecule has 2 heterocycles. The number of rotatable bonds is 2. The Morgan fingerprint density at radius 3 is 2.71 bits per heavy atom. The van der Waals surface area contributed by atoms with Gasteiger partial charge in [0, 0.05) is 25.3 Å². The van der Waals surface area contributed by atoms with Crippen LogP contribution in [0.5, 0.6) is 0 Å². The molecule has 17 heavy (non-hydrogen) atoms. The lowest BCUT2D eigenvalue weighted by molar-refractivity contribution is 0.266. The SMILES string of the molecule is CC1CN(c2ncc(Cl)cc2N)CC1N(C)C. The van der Waals surface area contributed by atoms with Crippen LogP contribution in [0.3, 0.4) is 0 Å². The summed E-state index contributed by atoms with van der Waals surface area (Å²) in [5.74, 6) is 1.47. The van der Waals surface area contributed by atoms with Crippen LogP contribution in [0, 0.1) is 5.92 Å². The summed E-state index contributed by atoms with van der Waals surface area (Å²) in [5, 5.41) is 0.586. The molecule has 0 saturated carbocycles. The van der Waals surface area contributed by atoms with Crippen LogP contribution in [0.1, 0.15) is 6.92 Å². The van der Waals surface area contributed by atoms with Gasteiger partial charge in [-0.1, -0.05) is 18.5 Å². The van der Waals surface area contributed by atoms with Gasteiger partial charge in [0.1, 0.15) is 0 Å². The first kappa shape index (κ1) is 12.5. The molecule has 0 bridgehead atoms. The summed E-state index contributed by atoms with van der Waals surface area (Å²) >= 11 is 5.86. The number of pyridine rings is 1. The summed E-state index contributed by atoms with van der Waals surface area (Å²) in [6.45, 7) is 4.21. The van der Waals surface area contributed by atoms with Crippen molar-refractivity contribution in [1.29, 1.82) is 0 Å². The molecule has 0 aromatic carbocycles. The number of hydrogen-bond acceptors (Lipinski definition) is 4. The third kappa shape index (κ3) is 2.48. The number of nitrogen functional groups attached to an aromatic ring is 1. The molecule has 2 atom stereocenters. The molecule has 0 spiro atoms. The predicted octanol–water partition coefficient (Wildman–Crippen LogP) is 1.70. The molecule has 0 radical (unpaired) electrons. The second kappa shape index (κ2) is 4.70. The molecule has 1 aromatic heterocycles. The number of likely N-dealkylation sites (N-methyl/N-ethyl adjacent to an activating group) is 1. The van der Waals surface area contributed by atoms with E-state index in [9.17, 15) is 0 Å². The lowest BCUT2D eigenvalue weighted by atomic mass is 10.1. The maximum absolute atomic E-state index is 5.97. The molecule has 4 nitrogen and oxygen atoms in total. The van der Waals surface area contributed by atoms with Gasteiger partial charge in [-0.3, -0.25) is 0 Å². The van der Waals surface area contributed by atoms with Gasteiger partial charge in [-0.25, -0.2) is 4.98 Å². The molecule has 1 saturated heterocycles. The average molecular weight is 255 g/mol. The van der Waals surface area contributed by atoms with Crippen molar-refractivity contribution in [1.82, 2.24) is 9.88 Å². The summed E-state index contributed by atoms with van der Waals surface area (Å²) < 4.78 is 0. The number of hydrogen-bond donors (Lipinski definition) is 1. The Balaban J connectivity index is 2.19. The Kier molecular flexibility index (Phi) is 3.45. The van der Waals surface area contributed by atoms with Crippen molar-refractivity contribution in [3.8, 4) is 0 Å². The van der Waals surface area contributed by atoms with E-state index in [1.54, 1.807) is 12.3 Å². The van der Waals surface area contributed by atoms with Gasteiger partial charge in [0.15, 0.2) is 5.82 Å². The summed E-state index contributed by atoms with van der Waals surface area (Å²) in [5.41, 5.74) is 6.62. The molecule has 2 N–H and O–H groups in total. The Hall–Kier alpha value is -1.00. The van der Waals surface area contributed by atoms with E-state index in [1.807, 2.05) is 0 Å². The van der Waals surface area contributed by atoms with Crippen molar-refractivity contribution in [2.45, 2.75) is 13.0 Å². The van der Waals surface area contributed by atoms with Gasteiger partial charge in [0.2, 0.25) is 0 Å². The molecule has 0 aliphatic carbocycles. The van der Waals surface area contributed by atoms with E-state index in [0.717, 1.165) is 18.9 Å². The van der Waals surface area contributed by atoms with Crippen LogP contribution < -0.4 is 10.6 Å². The van der Waals surface area contributed by atoms with E-state index in [4.69, 9.17) is 17.3 Å². The zero-order valence-corrected chi connectivity index (χ0v) is 11.3. The number of halogens is 1. The van der Waals surface area contributed by atoms with Crippen LogP contribution in [-0.2, 0) is 0 Å². The van der Waals surface area contributed by atoms with Gasteiger partial charge < -0.3 is 15.5 Å². The molecule has 1 fully saturated rings. The second-order valence-corrected chi connectivity index (χ2v) is 5.42. The maximum atomic E-state index is 5.97. The van der Waals surface area contributed by atoms with Crippen molar-refractivity contribution in [2.75, 3.05) is 37.8 Å². The van der Waals surface area contributed by atoms with Gasteiger partial charge >= 0.3 is 0 Å². The van der Waals surface area contributed by atoms with E-state index in [-0.39, 0.29) is 0 Å². The van der Waals surface area contributed by atoms with Crippen LogP contribution in [0.15, 0.2) is 12.3 Å². The van der Waals surface area contributed by atoms with Crippen molar-refractivity contribution < 1.29 is 0 Å². The Morgan fingerprint density at radius 1 is 1.47 bits per heavy atom. The molecular weight excluding hydrogens is 236 g/mol. The van der Waals surface area contributed by atoms with E-state index in [0.29, 0.717) is 22.7 Å². The molecule has 0 amide bonds. The fourth-order valence-electron chi connectivity index (χ4n) is 2.51. The third-order valence-corrected chi connectivity index (χ3v) is 3.60. The molecule has 5 heteroatoms. The van der Waals surface area contributed by atoms with Crippen molar-refractivity contribution >= 4 is 23.1 Å². The first-order valence-electron chi connectivity index (χ1n) is 5.81. The van der Waals surface area contributed by atoms with Crippen LogP contribution in [0.4, 0.5) is 11.5 Å². The van der Waals surface area contributed by atoms with Crippen molar-refractivity contribution in [3.63, 3.8) is 0 Å². The van der Waals surface area contributed by atoms with E-state index in [1.165, 1.54) is 0 Å². The number of aromatic nitrogens is 1. The third-order valence-electron chi connectivity index (χ3n) is 3.40. The zero-order valence-electron chi connectivity index (χ0n) is 10.5. The molecular formula is C12H19ClN4. The second-order valence-electron chi connectivity index (χ2n) is 4.98. The lowest BCUT2D eigenvalue weighted by Gasteiger charge is -2.23. The first-order chi connectivity index (χ1) is 7.99. The number of nitrogens with zero attached hydrogens (tertiary/aromatic N) is 3. The smallest absolute Gasteiger partial charge is 0.151 e.